The van der Waals surface area contributed by atoms with Crippen LogP contribution in [0, 0.1) is 63.7 Å². The van der Waals surface area contributed by atoms with Gasteiger partial charge in [-0.15, -0.1) is 0 Å². The van der Waals surface area contributed by atoms with E-state index in [0.29, 0.717) is 0 Å². The fourth-order valence-corrected chi connectivity index (χ4v) is 1.98. The van der Waals surface area contributed by atoms with Crippen LogP contribution in [0.2, 0.25) is 0 Å². The summed E-state index contributed by atoms with van der Waals surface area (Å²) in [6.07, 6.45) is 20.2. The van der Waals surface area contributed by atoms with Crippen LogP contribution in [-0.4, -0.2) is 18.3 Å². The predicted octanol–water partition coefficient (Wildman–Crippen LogP) is 3.60. The molecule has 2 nitrogen and oxygen atoms in total. The summed E-state index contributed by atoms with van der Waals surface area (Å²) in [4.78, 5) is 0. The van der Waals surface area contributed by atoms with Gasteiger partial charge in [-0.2, -0.15) is 0 Å². The van der Waals surface area contributed by atoms with Gasteiger partial charge in [0.15, 0.2) is 0 Å². The summed E-state index contributed by atoms with van der Waals surface area (Å²) >= 11 is 0. The van der Waals surface area contributed by atoms with Crippen molar-refractivity contribution >= 4 is 7.12 Å². The molecule has 0 aromatic heterocycles. The molecule has 0 bridgehead atoms. The van der Waals surface area contributed by atoms with Gasteiger partial charge >= 0.3 is 24.2 Å². The molecule has 0 aromatic rings. The maximum absolute atomic E-state index is 5.85. The summed E-state index contributed by atoms with van der Waals surface area (Å²) in [6.45, 7) is 8.24. The van der Waals surface area contributed by atoms with E-state index >= 15 is 0 Å². The fraction of sp³-hybridized carbons (Fsp3) is 0.333. The Morgan fingerprint density at radius 1 is 0.773 bits per heavy atom. The summed E-state index contributed by atoms with van der Waals surface area (Å²) < 4.78 is 11.7. The Kier molecular flexibility index (Phi) is 8.23. The Balaban J connectivity index is 0.000000344. The predicted molar refractivity (Wildman–Crippen MR) is 87.2 cm³/mol. The van der Waals surface area contributed by atoms with Crippen LogP contribution in [0.3, 0.4) is 0 Å². The molecule has 1 saturated heterocycles. The summed E-state index contributed by atoms with van der Waals surface area (Å²) in [5, 5.41) is 0. The van der Waals surface area contributed by atoms with Crippen molar-refractivity contribution < 1.29 is 26.4 Å². The zero-order valence-corrected chi connectivity index (χ0v) is 14.7. The maximum Gasteiger partial charge on any atom is 2.00 e. The molecule has 1 aliphatic heterocycles. The van der Waals surface area contributed by atoms with Gasteiger partial charge in [-0.05, 0) is 85.5 Å². The van der Waals surface area contributed by atoms with Crippen LogP contribution in [0.5, 0.6) is 0 Å². The maximum atomic E-state index is 5.85. The van der Waals surface area contributed by atoms with E-state index in [-0.39, 0.29) is 35.4 Å². The van der Waals surface area contributed by atoms with Crippen LogP contribution in [0.15, 0.2) is 12.1 Å². The molecule has 0 unspecified atom stereocenters. The first-order chi connectivity index (χ1) is 9.91. The first-order valence-electron chi connectivity index (χ1n) is 7.33. The van der Waals surface area contributed by atoms with E-state index in [1.54, 1.807) is 0 Å². The van der Waals surface area contributed by atoms with Gasteiger partial charge < -0.3 is 9.31 Å². The van der Waals surface area contributed by atoms with E-state index in [2.05, 4.69) is 40.5 Å². The molecule has 3 fully saturated rings. The quantitative estimate of drug-likeness (QED) is 0.717. The average molecular weight is 338 g/mol. The molecule has 0 amide bonds. The van der Waals surface area contributed by atoms with Gasteiger partial charge in [-0.1, -0.05) is 12.1 Å². The van der Waals surface area contributed by atoms with Gasteiger partial charge in [0.25, 0.3) is 0 Å². The molecule has 2 saturated carbocycles. The number of hydrogen-bond donors (Lipinski definition) is 0. The molecule has 0 spiro atoms. The third-order valence-electron chi connectivity index (χ3n) is 3.96. The van der Waals surface area contributed by atoms with Crippen LogP contribution in [0.4, 0.5) is 0 Å². The second-order valence-corrected chi connectivity index (χ2v) is 6.16. The van der Waals surface area contributed by atoms with Crippen molar-refractivity contribution in [2.45, 2.75) is 38.9 Å². The molecule has 4 heteroatoms. The van der Waals surface area contributed by atoms with Crippen molar-refractivity contribution in [1.82, 2.24) is 0 Å². The second-order valence-electron chi connectivity index (χ2n) is 6.16. The molecule has 22 heavy (non-hydrogen) atoms. The molecule has 3 aliphatic rings. The van der Waals surface area contributed by atoms with Gasteiger partial charge in [-0.25, -0.2) is 0 Å². The fourth-order valence-electron chi connectivity index (χ4n) is 1.98. The molecule has 0 N–H and O–H groups in total. The van der Waals surface area contributed by atoms with E-state index < -0.39 is 0 Å². The normalized spacial score (nSPS) is 26.8. The van der Waals surface area contributed by atoms with E-state index in [4.69, 9.17) is 9.31 Å². The number of rotatable bonds is 2. The second kappa shape index (κ2) is 8.92. The van der Waals surface area contributed by atoms with Crippen LogP contribution in [0.25, 0.3) is 0 Å². The smallest absolute Gasteiger partial charge is 0.400 e. The van der Waals surface area contributed by atoms with Crippen molar-refractivity contribution in [1.29, 1.82) is 0 Å². The molecule has 0 atom stereocenters. The summed E-state index contributed by atoms with van der Waals surface area (Å²) in [5.41, 5.74) is -0.512. The number of hydrogen-bond acceptors (Lipinski definition) is 2. The van der Waals surface area contributed by atoms with Crippen molar-refractivity contribution in [2.75, 3.05) is 0 Å². The summed E-state index contributed by atoms with van der Waals surface area (Å²) in [6, 6.07) is 0. The van der Waals surface area contributed by atoms with Crippen LogP contribution < -0.4 is 0 Å². The SMILES string of the molecule is CC1(C)OB(/C=C/[C]2[CH][CH][CH][CH]2)OC1(C)C.[CH]1[CH][CH][CH][CH]1.[Fe+2]. The van der Waals surface area contributed by atoms with E-state index in [1.165, 1.54) is 5.92 Å². The van der Waals surface area contributed by atoms with Crippen molar-refractivity contribution in [3.05, 3.63) is 75.8 Å². The zero-order chi connectivity index (χ0) is 15.3. The third-order valence-corrected chi connectivity index (χ3v) is 3.96. The van der Waals surface area contributed by atoms with Crippen LogP contribution in [-0.2, 0) is 26.4 Å². The van der Waals surface area contributed by atoms with Gasteiger partial charge in [0.05, 0.1) is 11.2 Å². The Bertz CT molecular complexity index is 321. The molecule has 2 aliphatic carbocycles. The first-order valence-corrected chi connectivity index (χ1v) is 7.33. The molecular formula is C18H23BFeO2+2. The van der Waals surface area contributed by atoms with Gasteiger partial charge in [-0.3, -0.25) is 0 Å². The summed E-state index contributed by atoms with van der Waals surface area (Å²) in [5.74, 6) is 3.14. The molecule has 1 heterocycles. The minimum atomic E-state index is -0.256. The minimum absolute atomic E-state index is 0. The van der Waals surface area contributed by atoms with Crippen LogP contribution >= 0.6 is 0 Å². The summed E-state index contributed by atoms with van der Waals surface area (Å²) in [7, 11) is -0.250. The van der Waals surface area contributed by atoms with E-state index in [0.717, 1.165) is 0 Å². The third kappa shape index (κ3) is 5.71. The Morgan fingerprint density at radius 2 is 1.18 bits per heavy atom. The van der Waals surface area contributed by atoms with E-state index in [9.17, 15) is 0 Å². The first kappa shape index (κ1) is 20.3. The van der Waals surface area contributed by atoms with Crippen molar-refractivity contribution in [3.8, 4) is 0 Å². The largest absolute Gasteiger partial charge is 2.00 e. The standard InChI is InChI=1S/C13H18BO2.C5H5.Fe/c1-12(2)13(3,4)16-14(15-12)10-9-11-7-5-6-8-11;1-2-4-5-3-1;/h5-10H,1-4H3;1-5H;/q;;+2/b10-9+;;. The molecule has 116 valence electrons. The number of allylic oxidation sites excluding steroid dienone is 1. The molecule has 0 aromatic carbocycles. The van der Waals surface area contributed by atoms with Gasteiger partial charge in [0, 0.05) is 5.92 Å². The van der Waals surface area contributed by atoms with Crippen molar-refractivity contribution in [3.63, 3.8) is 0 Å². The van der Waals surface area contributed by atoms with E-state index in [1.807, 2.05) is 57.0 Å². The van der Waals surface area contributed by atoms with Crippen LogP contribution in [0.1, 0.15) is 27.7 Å². The topological polar surface area (TPSA) is 18.5 Å². The molecule has 3 rings (SSSR count). The monoisotopic (exact) mass is 338 g/mol. The van der Waals surface area contributed by atoms with Gasteiger partial charge in [0.2, 0.25) is 0 Å². The molecule has 10 radical (unpaired) electrons. The zero-order valence-electron chi connectivity index (χ0n) is 13.6. The van der Waals surface area contributed by atoms with Gasteiger partial charge in [0.1, 0.15) is 0 Å². The average Bonchev–Trinajstić information content (AvgIpc) is 3.12. The Hall–Kier alpha value is 0.244. The molecular weight excluding hydrogens is 315 g/mol. The van der Waals surface area contributed by atoms with Crippen molar-refractivity contribution in [2.24, 2.45) is 0 Å². The Labute approximate surface area is 148 Å². The Morgan fingerprint density at radius 3 is 1.59 bits per heavy atom. The minimum Gasteiger partial charge on any atom is -0.400 e.